The van der Waals surface area contributed by atoms with Gasteiger partial charge in [0, 0.05) is 38.1 Å². The SMILES string of the molecule is CCN1CCN(C2(C)C=C(F)C(N)=C(F)C2)CC1. The van der Waals surface area contributed by atoms with Gasteiger partial charge in [0.15, 0.2) is 0 Å². The Morgan fingerprint density at radius 3 is 2.39 bits per heavy atom. The van der Waals surface area contributed by atoms with Crippen molar-refractivity contribution >= 4 is 0 Å². The predicted octanol–water partition coefficient (Wildman–Crippen LogP) is 1.78. The normalized spacial score (nSPS) is 31.7. The molecule has 0 aromatic rings. The highest BCUT2D eigenvalue weighted by Crippen LogP contribution is 2.35. The number of hydrogen-bond acceptors (Lipinski definition) is 3. The van der Waals surface area contributed by atoms with Crippen LogP contribution >= 0.6 is 0 Å². The van der Waals surface area contributed by atoms with E-state index < -0.39 is 17.2 Å². The number of hydrogen-bond donors (Lipinski definition) is 1. The fraction of sp³-hybridized carbons (Fsp3) is 0.692. The lowest BCUT2D eigenvalue weighted by molar-refractivity contribution is 0.0647. The molecule has 1 fully saturated rings. The molecule has 3 nitrogen and oxygen atoms in total. The van der Waals surface area contributed by atoms with Crippen molar-refractivity contribution in [3.05, 3.63) is 23.4 Å². The van der Waals surface area contributed by atoms with Crippen molar-refractivity contribution < 1.29 is 8.78 Å². The van der Waals surface area contributed by atoms with Crippen LogP contribution in [0.25, 0.3) is 0 Å². The van der Waals surface area contributed by atoms with Crippen molar-refractivity contribution in [3.63, 3.8) is 0 Å². The van der Waals surface area contributed by atoms with E-state index in [1.165, 1.54) is 6.08 Å². The Morgan fingerprint density at radius 2 is 1.89 bits per heavy atom. The van der Waals surface area contributed by atoms with Gasteiger partial charge in [-0.15, -0.1) is 0 Å². The molecule has 0 bridgehead atoms. The highest BCUT2D eigenvalue weighted by Gasteiger charge is 2.37. The standard InChI is InChI=1S/C13H21F2N3/c1-3-17-4-6-18(7-5-17)13(2)8-10(14)12(16)11(15)9-13/h8H,3-7,9,16H2,1-2H3. The van der Waals surface area contributed by atoms with Crippen molar-refractivity contribution in [1.82, 2.24) is 9.80 Å². The molecule has 0 amide bonds. The minimum absolute atomic E-state index is 0.165. The van der Waals surface area contributed by atoms with Gasteiger partial charge in [0.1, 0.15) is 11.7 Å². The molecule has 1 atom stereocenters. The lowest BCUT2D eigenvalue weighted by Crippen LogP contribution is -2.55. The monoisotopic (exact) mass is 257 g/mol. The minimum Gasteiger partial charge on any atom is -0.394 e. The summed E-state index contributed by atoms with van der Waals surface area (Å²) < 4.78 is 27.3. The maximum absolute atomic E-state index is 13.7. The highest BCUT2D eigenvalue weighted by molar-refractivity contribution is 5.34. The first-order valence-corrected chi connectivity index (χ1v) is 6.46. The highest BCUT2D eigenvalue weighted by atomic mass is 19.1. The molecule has 102 valence electrons. The second-order valence-corrected chi connectivity index (χ2v) is 5.27. The summed E-state index contributed by atoms with van der Waals surface area (Å²) in [6.07, 6.45) is 1.63. The average molecular weight is 257 g/mol. The van der Waals surface area contributed by atoms with E-state index in [0.29, 0.717) is 0 Å². The van der Waals surface area contributed by atoms with Gasteiger partial charge in [-0.1, -0.05) is 6.92 Å². The summed E-state index contributed by atoms with van der Waals surface area (Å²) in [4.78, 5) is 4.48. The quantitative estimate of drug-likeness (QED) is 0.818. The zero-order chi connectivity index (χ0) is 13.3. The van der Waals surface area contributed by atoms with Gasteiger partial charge in [0.2, 0.25) is 0 Å². The molecule has 5 heteroatoms. The van der Waals surface area contributed by atoms with Gasteiger partial charge in [0.25, 0.3) is 0 Å². The van der Waals surface area contributed by atoms with Crippen LogP contribution in [0.2, 0.25) is 0 Å². The Bertz CT molecular complexity index is 384. The molecule has 0 aromatic heterocycles. The van der Waals surface area contributed by atoms with Crippen molar-refractivity contribution in [2.24, 2.45) is 5.73 Å². The van der Waals surface area contributed by atoms with Gasteiger partial charge >= 0.3 is 0 Å². The number of piperazine rings is 1. The Balaban J connectivity index is 2.10. The molecule has 18 heavy (non-hydrogen) atoms. The molecule has 0 aromatic carbocycles. The Morgan fingerprint density at radius 1 is 1.28 bits per heavy atom. The Hall–Kier alpha value is -0.940. The third-order valence-electron chi connectivity index (χ3n) is 4.04. The molecule has 0 saturated carbocycles. The number of rotatable bonds is 2. The van der Waals surface area contributed by atoms with Crippen LogP contribution in [0.4, 0.5) is 8.78 Å². The van der Waals surface area contributed by atoms with Crippen molar-refractivity contribution in [1.29, 1.82) is 0 Å². The van der Waals surface area contributed by atoms with E-state index in [1.54, 1.807) is 0 Å². The maximum atomic E-state index is 13.7. The fourth-order valence-electron chi connectivity index (χ4n) is 2.72. The van der Waals surface area contributed by atoms with Crippen LogP contribution in [0.15, 0.2) is 23.4 Å². The van der Waals surface area contributed by atoms with Gasteiger partial charge in [0.05, 0.1) is 5.70 Å². The van der Waals surface area contributed by atoms with E-state index >= 15 is 0 Å². The summed E-state index contributed by atoms with van der Waals surface area (Å²) in [6.45, 7) is 8.59. The molecule has 0 spiro atoms. The minimum atomic E-state index is -0.626. The van der Waals surface area contributed by atoms with E-state index in [9.17, 15) is 8.78 Å². The van der Waals surface area contributed by atoms with Crippen LogP contribution in [0.1, 0.15) is 20.3 Å². The molecule has 1 aliphatic heterocycles. The van der Waals surface area contributed by atoms with Gasteiger partial charge in [-0.3, -0.25) is 4.90 Å². The fourth-order valence-corrected chi connectivity index (χ4v) is 2.72. The Labute approximate surface area is 107 Å². The van der Waals surface area contributed by atoms with Crippen LogP contribution in [-0.4, -0.2) is 48.1 Å². The van der Waals surface area contributed by atoms with E-state index in [4.69, 9.17) is 5.73 Å². The number of likely N-dealkylation sites (N-methyl/N-ethyl adjacent to an activating group) is 1. The van der Waals surface area contributed by atoms with Crippen LogP contribution in [0.3, 0.4) is 0 Å². The first kappa shape index (κ1) is 13.5. The number of halogens is 2. The van der Waals surface area contributed by atoms with Crippen molar-refractivity contribution in [2.75, 3.05) is 32.7 Å². The van der Waals surface area contributed by atoms with Crippen molar-refractivity contribution in [2.45, 2.75) is 25.8 Å². The smallest absolute Gasteiger partial charge is 0.146 e. The number of allylic oxidation sites excluding steroid dienone is 1. The van der Waals surface area contributed by atoms with Gasteiger partial charge < -0.3 is 10.6 Å². The second kappa shape index (κ2) is 4.97. The largest absolute Gasteiger partial charge is 0.394 e. The summed E-state index contributed by atoms with van der Waals surface area (Å²) in [5.74, 6) is -1.16. The van der Waals surface area contributed by atoms with Gasteiger partial charge in [-0.2, -0.15) is 0 Å². The summed E-state index contributed by atoms with van der Waals surface area (Å²) in [6, 6.07) is 0. The van der Waals surface area contributed by atoms with E-state index in [1.807, 2.05) is 6.92 Å². The predicted molar refractivity (Wildman–Crippen MR) is 68.2 cm³/mol. The van der Waals surface area contributed by atoms with E-state index in [2.05, 4.69) is 16.7 Å². The molecule has 2 rings (SSSR count). The topological polar surface area (TPSA) is 32.5 Å². The number of nitrogens with two attached hydrogens (primary N) is 1. The molecular formula is C13H21F2N3. The Kier molecular flexibility index (Phi) is 3.73. The molecule has 1 heterocycles. The number of nitrogens with zero attached hydrogens (tertiary/aromatic N) is 2. The average Bonchev–Trinajstić information content (AvgIpc) is 2.36. The second-order valence-electron chi connectivity index (χ2n) is 5.27. The molecule has 1 aliphatic carbocycles. The maximum Gasteiger partial charge on any atom is 0.146 e. The van der Waals surface area contributed by atoms with Gasteiger partial charge in [-0.05, 0) is 19.5 Å². The van der Waals surface area contributed by atoms with Crippen LogP contribution < -0.4 is 5.73 Å². The third-order valence-corrected chi connectivity index (χ3v) is 4.04. The first-order valence-electron chi connectivity index (χ1n) is 6.46. The summed E-state index contributed by atoms with van der Waals surface area (Å²) in [5, 5.41) is 0. The summed E-state index contributed by atoms with van der Waals surface area (Å²) >= 11 is 0. The van der Waals surface area contributed by atoms with Crippen LogP contribution in [0.5, 0.6) is 0 Å². The van der Waals surface area contributed by atoms with E-state index in [-0.39, 0.29) is 12.1 Å². The van der Waals surface area contributed by atoms with Crippen molar-refractivity contribution in [3.8, 4) is 0 Å². The van der Waals surface area contributed by atoms with Crippen LogP contribution in [-0.2, 0) is 0 Å². The summed E-state index contributed by atoms with van der Waals surface area (Å²) in [7, 11) is 0. The summed E-state index contributed by atoms with van der Waals surface area (Å²) in [5.41, 5.74) is 4.43. The molecule has 1 saturated heterocycles. The van der Waals surface area contributed by atoms with Crippen LogP contribution in [0, 0.1) is 0 Å². The molecule has 0 radical (unpaired) electrons. The van der Waals surface area contributed by atoms with E-state index in [0.717, 1.165) is 32.7 Å². The molecule has 1 unspecified atom stereocenters. The lowest BCUT2D eigenvalue weighted by atomic mass is 9.88. The lowest BCUT2D eigenvalue weighted by Gasteiger charge is -2.45. The molecule has 2 N–H and O–H groups in total. The first-order chi connectivity index (χ1) is 8.46. The molecule has 2 aliphatic rings. The zero-order valence-electron chi connectivity index (χ0n) is 11.0. The molecular weight excluding hydrogens is 236 g/mol. The third kappa shape index (κ3) is 2.42. The zero-order valence-corrected chi connectivity index (χ0v) is 11.0. The van der Waals surface area contributed by atoms with Gasteiger partial charge in [-0.25, -0.2) is 8.78 Å².